The van der Waals surface area contributed by atoms with Crippen molar-refractivity contribution in [3.63, 3.8) is 0 Å². The maximum absolute atomic E-state index is 12.1. The molecule has 0 bridgehead atoms. The topological polar surface area (TPSA) is 62.2 Å². The van der Waals surface area contributed by atoms with Crippen molar-refractivity contribution in [2.45, 2.75) is 45.3 Å². The fourth-order valence-electron chi connectivity index (χ4n) is 2.47. The average molecular weight is 248 g/mol. The van der Waals surface area contributed by atoms with Gasteiger partial charge in [0.1, 0.15) is 5.69 Å². The molecule has 0 aromatic carbocycles. The van der Waals surface area contributed by atoms with Gasteiger partial charge in [0.15, 0.2) is 0 Å². The monoisotopic (exact) mass is 248 g/mol. The molecule has 98 valence electrons. The first-order valence-electron chi connectivity index (χ1n) is 6.52. The largest absolute Gasteiger partial charge is 0.393 e. The van der Waals surface area contributed by atoms with E-state index >= 15 is 0 Å². The van der Waals surface area contributed by atoms with E-state index in [-0.39, 0.29) is 18.1 Å². The number of rotatable bonds is 4. The molecular weight excluding hydrogens is 228 g/mol. The third-order valence-corrected chi connectivity index (χ3v) is 3.70. The van der Waals surface area contributed by atoms with Crippen molar-refractivity contribution in [3.05, 3.63) is 29.6 Å². The van der Waals surface area contributed by atoms with E-state index in [1.54, 1.807) is 6.20 Å². The van der Waals surface area contributed by atoms with Gasteiger partial charge in [0, 0.05) is 12.2 Å². The molecule has 1 aromatic heterocycles. The summed E-state index contributed by atoms with van der Waals surface area (Å²) in [7, 11) is 0. The molecule has 1 atom stereocenters. The molecule has 4 nitrogen and oxygen atoms in total. The van der Waals surface area contributed by atoms with Crippen LogP contribution in [0.5, 0.6) is 0 Å². The molecule has 1 amide bonds. The van der Waals surface area contributed by atoms with Crippen molar-refractivity contribution >= 4 is 5.91 Å². The van der Waals surface area contributed by atoms with Gasteiger partial charge in [0.05, 0.1) is 6.10 Å². The quantitative estimate of drug-likeness (QED) is 0.852. The first-order chi connectivity index (χ1) is 8.61. The molecule has 1 heterocycles. The normalized spacial score (nSPS) is 24.2. The van der Waals surface area contributed by atoms with Crippen molar-refractivity contribution < 1.29 is 9.90 Å². The van der Waals surface area contributed by atoms with Crippen LogP contribution < -0.4 is 5.32 Å². The summed E-state index contributed by atoms with van der Waals surface area (Å²) in [4.78, 5) is 16.2. The third-order valence-electron chi connectivity index (χ3n) is 3.70. The molecule has 1 saturated carbocycles. The number of aromatic nitrogens is 1. The Morgan fingerprint density at radius 1 is 1.61 bits per heavy atom. The summed E-state index contributed by atoms with van der Waals surface area (Å²) in [5.74, 6) is 0.291. The van der Waals surface area contributed by atoms with E-state index < -0.39 is 0 Å². The maximum Gasteiger partial charge on any atom is 0.270 e. The lowest BCUT2D eigenvalue weighted by Crippen LogP contribution is -2.47. The summed E-state index contributed by atoms with van der Waals surface area (Å²) in [6.07, 6.45) is 3.92. The van der Waals surface area contributed by atoms with Crippen LogP contribution in [-0.2, 0) is 0 Å². The molecule has 0 spiro atoms. The Kier molecular flexibility index (Phi) is 3.97. The highest BCUT2D eigenvalue weighted by Crippen LogP contribution is 2.31. The van der Waals surface area contributed by atoms with Crippen molar-refractivity contribution in [2.75, 3.05) is 0 Å². The van der Waals surface area contributed by atoms with Crippen LogP contribution in [-0.4, -0.2) is 28.1 Å². The fraction of sp³-hybridized carbons (Fsp3) is 0.571. The minimum atomic E-state index is -0.183. The minimum Gasteiger partial charge on any atom is -0.393 e. The molecule has 1 aliphatic rings. The summed E-state index contributed by atoms with van der Waals surface area (Å²) in [6.45, 7) is 3.94. The van der Waals surface area contributed by atoms with E-state index in [0.29, 0.717) is 11.6 Å². The number of hydrogen-bond donors (Lipinski definition) is 2. The van der Waals surface area contributed by atoms with Crippen LogP contribution in [0.15, 0.2) is 18.3 Å². The highest BCUT2D eigenvalue weighted by molar-refractivity contribution is 5.93. The number of aliphatic hydroxyl groups is 1. The number of aliphatic hydroxyl groups excluding tert-OH is 1. The number of pyridine rings is 1. The molecule has 4 heteroatoms. The number of aryl methyl sites for hydroxylation is 1. The molecule has 0 aliphatic heterocycles. The van der Waals surface area contributed by atoms with Gasteiger partial charge in [-0.15, -0.1) is 0 Å². The van der Waals surface area contributed by atoms with Gasteiger partial charge < -0.3 is 10.4 Å². The van der Waals surface area contributed by atoms with E-state index in [1.165, 1.54) is 0 Å². The first kappa shape index (κ1) is 13.0. The van der Waals surface area contributed by atoms with Crippen molar-refractivity contribution in [3.8, 4) is 0 Å². The van der Waals surface area contributed by atoms with E-state index in [4.69, 9.17) is 0 Å². The number of amides is 1. The second-order valence-electron chi connectivity index (χ2n) is 5.04. The van der Waals surface area contributed by atoms with Gasteiger partial charge in [-0.1, -0.05) is 13.0 Å². The lowest BCUT2D eigenvalue weighted by atomic mass is 9.76. The number of carbonyl (C=O) groups is 1. The SMILES string of the molecule is CC[C@H](NC(=O)c1ncccc1C)C1CC(O)C1. The maximum atomic E-state index is 12.1. The smallest absolute Gasteiger partial charge is 0.270 e. The van der Waals surface area contributed by atoms with E-state index in [9.17, 15) is 9.90 Å². The second kappa shape index (κ2) is 5.48. The first-order valence-corrected chi connectivity index (χ1v) is 6.52. The minimum absolute atomic E-state index is 0.110. The summed E-state index contributed by atoms with van der Waals surface area (Å²) in [6, 6.07) is 3.85. The second-order valence-corrected chi connectivity index (χ2v) is 5.04. The van der Waals surface area contributed by atoms with Gasteiger partial charge in [-0.3, -0.25) is 9.78 Å². The highest BCUT2D eigenvalue weighted by atomic mass is 16.3. The van der Waals surface area contributed by atoms with E-state index in [2.05, 4.69) is 17.2 Å². The average Bonchev–Trinajstić information content (AvgIpc) is 2.33. The molecule has 0 radical (unpaired) electrons. The highest BCUT2D eigenvalue weighted by Gasteiger charge is 2.34. The fourth-order valence-corrected chi connectivity index (χ4v) is 2.47. The van der Waals surface area contributed by atoms with Gasteiger partial charge in [0.2, 0.25) is 0 Å². The van der Waals surface area contributed by atoms with Crippen molar-refractivity contribution in [2.24, 2.45) is 5.92 Å². The Bertz CT molecular complexity index is 428. The summed E-state index contributed by atoms with van der Waals surface area (Å²) >= 11 is 0. The summed E-state index contributed by atoms with van der Waals surface area (Å²) in [5, 5.41) is 12.4. The summed E-state index contributed by atoms with van der Waals surface area (Å²) in [5.41, 5.74) is 1.38. The van der Waals surface area contributed by atoms with E-state index in [1.807, 2.05) is 19.1 Å². The van der Waals surface area contributed by atoms with Crippen LogP contribution in [0.25, 0.3) is 0 Å². The standard InChI is InChI=1S/C14H20N2O2/c1-3-12(10-7-11(17)8-10)16-14(18)13-9(2)5-4-6-15-13/h4-6,10-12,17H,3,7-8H2,1-2H3,(H,16,18)/t10?,11?,12-/m0/s1. The van der Waals surface area contributed by atoms with Crippen LogP contribution in [0.3, 0.4) is 0 Å². The number of carbonyl (C=O) groups excluding carboxylic acids is 1. The Morgan fingerprint density at radius 2 is 2.33 bits per heavy atom. The van der Waals surface area contributed by atoms with Gasteiger partial charge in [-0.05, 0) is 43.7 Å². The zero-order chi connectivity index (χ0) is 13.1. The van der Waals surface area contributed by atoms with E-state index in [0.717, 1.165) is 24.8 Å². The van der Waals surface area contributed by atoms with Crippen LogP contribution in [0.1, 0.15) is 42.2 Å². The van der Waals surface area contributed by atoms with Crippen molar-refractivity contribution in [1.29, 1.82) is 0 Å². The Morgan fingerprint density at radius 3 is 2.89 bits per heavy atom. The lowest BCUT2D eigenvalue weighted by Gasteiger charge is -2.37. The van der Waals surface area contributed by atoms with Crippen molar-refractivity contribution in [1.82, 2.24) is 10.3 Å². The lowest BCUT2D eigenvalue weighted by molar-refractivity contribution is 0.0232. The van der Waals surface area contributed by atoms with Crippen LogP contribution in [0.2, 0.25) is 0 Å². The summed E-state index contributed by atoms with van der Waals surface area (Å²) < 4.78 is 0. The van der Waals surface area contributed by atoms with Gasteiger partial charge in [0.25, 0.3) is 5.91 Å². The molecule has 0 unspecified atom stereocenters. The number of nitrogens with zero attached hydrogens (tertiary/aromatic N) is 1. The van der Waals surface area contributed by atoms with Crippen LogP contribution >= 0.6 is 0 Å². The molecule has 18 heavy (non-hydrogen) atoms. The molecule has 0 saturated heterocycles. The zero-order valence-corrected chi connectivity index (χ0v) is 10.9. The van der Waals surface area contributed by atoms with Gasteiger partial charge >= 0.3 is 0 Å². The molecule has 1 aliphatic carbocycles. The predicted octanol–water partition coefficient (Wildman–Crippen LogP) is 1.67. The zero-order valence-electron chi connectivity index (χ0n) is 10.9. The molecule has 2 rings (SSSR count). The third kappa shape index (κ3) is 2.70. The van der Waals surface area contributed by atoms with Gasteiger partial charge in [-0.25, -0.2) is 0 Å². The Balaban J connectivity index is 2.00. The Hall–Kier alpha value is -1.42. The number of nitrogens with one attached hydrogen (secondary N) is 1. The molecule has 1 fully saturated rings. The molecule has 1 aromatic rings. The molecular formula is C14H20N2O2. The molecule has 2 N–H and O–H groups in total. The number of hydrogen-bond acceptors (Lipinski definition) is 3. The van der Waals surface area contributed by atoms with Gasteiger partial charge in [-0.2, -0.15) is 0 Å². The predicted molar refractivity (Wildman–Crippen MR) is 69.3 cm³/mol. The van der Waals surface area contributed by atoms with Crippen LogP contribution in [0.4, 0.5) is 0 Å². The Labute approximate surface area is 107 Å². The van der Waals surface area contributed by atoms with Crippen LogP contribution in [0, 0.1) is 12.8 Å².